The molecule has 0 heterocycles. The van der Waals surface area contributed by atoms with E-state index in [9.17, 15) is 0 Å². The second kappa shape index (κ2) is 18.2. The summed E-state index contributed by atoms with van der Waals surface area (Å²) in [6.07, 6.45) is 16.9. The maximum Gasteiger partial charge on any atom is 0.462 e. The van der Waals surface area contributed by atoms with Crippen LogP contribution in [0.25, 0.3) is 0 Å². The van der Waals surface area contributed by atoms with Crippen LogP contribution in [0.2, 0.25) is 10.6 Å². The lowest BCUT2D eigenvalue weighted by atomic mass is 10.1. The number of hydrogen-bond donors (Lipinski definition) is 0. The van der Waals surface area contributed by atoms with Gasteiger partial charge in [0.05, 0.1) is 6.10 Å². The second-order valence-electron chi connectivity index (χ2n) is 7.62. The van der Waals surface area contributed by atoms with E-state index in [1.54, 1.807) is 0 Å². The van der Waals surface area contributed by atoms with Crippen molar-refractivity contribution < 1.29 is 8.53 Å². The molecule has 24 heavy (non-hydrogen) atoms. The van der Waals surface area contributed by atoms with Gasteiger partial charge in [0.15, 0.2) is 0 Å². The Morgan fingerprint density at radius 2 is 1.04 bits per heavy atom. The van der Waals surface area contributed by atoms with Crippen LogP contribution in [0.4, 0.5) is 0 Å². The van der Waals surface area contributed by atoms with Crippen LogP contribution in [0.3, 0.4) is 0 Å². The molecule has 0 aromatic heterocycles. The zero-order chi connectivity index (χ0) is 18.0. The summed E-state index contributed by atoms with van der Waals surface area (Å²) in [5, 5.41) is 2.68. The Morgan fingerprint density at radius 1 is 0.625 bits per heavy atom. The molecule has 0 spiro atoms. The van der Waals surface area contributed by atoms with Gasteiger partial charge in [0.1, 0.15) is 6.29 Å². The van der Waals surface area contributed by atoms with Crippen LogP contribution in [0.15, 0.2) is 0 Å². The van der Waals surface area contributed by atoms with Gasteiger partial charge in [0.25, 0.3) is 0 Å². The molecule has 3 heteroatoms. The van der Waals surface area contributed by atoms with E-state index in [0.717, 1.165) is 0 Å². The minimum atomic E-state index is -1.09. The van der Waals surface area contributed by atoms with Crippen molar-refractivity contribution >= 4 is 14.5 Å². The fourth-order valence-electron chi connectivity index (χ4n) is 3.27. The molecule has 0 aromatic rings. The highest BCUT2D eigenvalue weighted by atomic mass is 27.2. The van der Waals surface area contributed by atoms with Gasteiger partial charge in [-0.2, -0.15) is 0 Å². The molecule has 0 rings (SSSR count). The highest BCUT2D eigenvalue weighted by molar-refractivity contribution is 6.51. The Morgan fingerprint density at radius 3 is 1.46 bits per heavy atom. The third-order valence-corrected chi connectivity index (χ3v) is 7.48. The first-order valence-corrected chi connectivity index (χ1v) is 13.0. The molecule has 1 atom stereocenters. The van der Waals surface area contributed by atoms with Crippen molar-refractivity contribution in [1.29, 1.82) is 0 Å². The van der Waals surface area contributed by atoms with Gasteiger partial charge >= 0.3 is 14.5 Å². The molecule has 0 aliphatic carbocycles. The van der Waals surface area contributed by atoms with Crippen molar-refractivity contribution in [2.45, 2.75) is 135 Å². The highest BCUT2D eigenvalue weighted by Gasteiger charge is 2.22. The predicted octanol–water partition coefficient (Wildman–Crippen LogP) is 7.49. The van der Waals surface area contributed by atoms with Gasteiger partial charge in [-0.25, -0.2) is 0 Å². The summed E-state index contributed by atoms with van der Waals surface area (Å²) in [6.45, 7) is 10.8. The zero-order valence-electron chi connectivity index (χ0n) is 17.4. The molecule has 0 fully saturated rings. The maximum atomic E-state index is 6.33. The number of rotatable bonds is 18. The zero-order valence-corrected chi connectivity index (χ0v) is 18.6. The molecular formula is C21H45AlO2. The summed E-state index contributed by atoms with van der Waals surface area (Å²) >= 11 is -1.09. The van der Waals surface area contributed by atoms with Crippen LogP contribution >= 0.6 is 0 Å². The van der Waals surface area contributed by atoms with Crippen LogP contribution in [-0.2, 0) is 8.53 Å². The summed E-state index contributed by atoms with van der Waals surface area (Å²) in [5.74, 6) is 0. The molecule has 2 nitrogen and oxygen atoms in total. The fourth-order valence-corrected chi connectivity index (χ4v) is 5.93. The van der Waals surface area contributed by atoms with Crippen molar-refractivity contribution in [2.24, 2.45) is 0 Å². The van der Waals surface area contributed by atoms with Gasteiger partial charge in [-0.05, 0) is 20.8 Å². The average molecular weight is 357 g/mol. The second-order valence-corrected chi connectivity index (χ2v) is 10.3. The first-order valence-electron chi connectivity index (χ1n) is 10.9. The largest absolute Gasteiger partial charge is 0.478 e. The quantitative estimate of drug-likeness (QED) is 0.144. The van der Waals surface area contributed by atoms with Crippen LogP contribution in [-0.4, -0.2) is 26.9 Å². The minimum Gasteiger partial charge on any atom is -0.478 e. The van der Waals surface area contributed by atoms with E-state index < -0.39 is 14.5 Å². The first-order chi connectivity index (χ1) is 11.6. The van der Waals surface area contributed by atoms with Crippen molar-refractivity contribution in [3.8, 4) is 0 Å². The number of unbranched alkanes of at least 4 members (excludes halogenated alkanes) is 10. The van der Waals surface area contributed by atoms with Crippen LogP contribution in [0, 0.1) is 0 Å². The third-order valence-electron chi connectivity index (χ3n) is 4.61. The Balaban J connectivity index is 3.95. The van der Waals surface area contributed by atoms with Crippen molar-refractivity contribution in [2.75, 3.05) is 0 Å². The van der Waals surface area contributed by atoms with Crippen LogP contribution in [0.1, 0.15) is 112 Å². The smallest absolute Gasteiger partial charge is 0.462 e. The average Bonchev–Trinajstić information content (AvgIpc) is 2.52. The summed E-state index contributed by atoms with van der Waals surface area (Å²) in [7, 11) is 0. The highest BCUT2D eigenvalue weighted by Crippen LogP contribution is 2.17. The SMILES string of the molecule is CCCCCCC[CH2][Al]([CH2]CCCCCCC)[O]C(C)OC(C)C. The molecule has 0 radical (unpaired) electrons. The van der Waals surface area contributed by atoms with E-state index >= 15 is 0 Å². The summed E-state index contributed by atoms with van der Waals surface area (Å²) in [4.78, 5) is 0. The molecule has 0 aliphatic rings. The standard InChI is InChI=1S/2C8H17.C5H11O2.Al/c2*1-3-5-7-8-6-4-2;1-4(2)7-5(3)6;/h2*1,3-8H2,2H3;4-5H,1-3H3;/q;;-1;+1. The summed E-state index contributed by atoms with van der Waals surface area (Å²) < 4.78 is 12.1. The Bertz CT molecular complexity index is 230. The van der Waals surface area contributed by atoms with Crippen LogP contribution < -0.4 is 0 Å². The lowest BCUT2D eigenvalue weighted by Gasteiger charge is -2.22. The molecule has 0 aromatic carbocycles. The summed E-state index contributed by atoms with van der Waals surface area (Å²) in [6, 6.07) is 0. The van der Waals surface area contributed by atoms with Crippen molar-refractivity contribution in [1.82, 2.24) is 0 Å². The third kappa shape index (κ3) is 17.3. The van der Waals surface area contributed by atoms with Gasteiger partial charge in [-0.1, -0.05) is 101 Å². The maximum absolute atomic E-state index is 6.33. The van der Waals surface area contributed by atoms with E-state index in [1.165, 1.54) is 87.6 Å². The topological polar surface area (TPSA) is 18.5 Å². The number of ether oxygens (including phenoxy) is 1. The van der Waals surface area contributed by atoms with Gasteiger partial charge in [0, 0.05) is 0 Å². The van der Waals surface area contributed by atoms with Gasteiger partial charge < -0.3 is 8.53 Å². The Hall–Kier alpha value is 0.452. The van der Waals surface area contributed by atoms with Crippen molar-refractivity contribution in [3.05, 3.63) is 0 Å². The van der Waals surface area contributed by atoms with Crippen molar-refractivity contribution in [3.63, 3.8) is 0 Å². The van der Waals surface area contributed by atoms with E-state index in [1.807, 2.05) is 0 Å². The molecule has 0 aliphatic heterocycles. The van der Waals surface area contributed by atoms with E-state index in [-0.39, 0.29) is 12.4 Å². The summed E-state index contributed by atoms with van der Waals surface area (Å²) in [5.41, 5.74) is 0. The van der Waals surface area contributed by atoms with E-state index in [2.05, 4.69) is 34.6 Å². The fraction of sp³-hybridized carbons (Fsp3) is 1.00. The predicted molar refractivity (Wildman–Crippen MR) is 109 cm³/mol. The molecule has 1 unspecified atom stereocenters. The van der Waals surface area contributed by atoms with Gasteiger partial charge in [-0.3, -0.25) is 0 Å². The minimum absolute atomic E-state index is 0.0122. The molecule has 0 saturated carbocycles. The lowest BCUT2D eigenvalue weighted by Crippen LogP contribution is -2.27. The molecule has 0 N–H and O–H groups in total. The monoisotopic (exact) mass is 356 g/mol. The molecule has 0 bridgehead atoms. The lowest BCUT2D eigenvalue weighted by molar-refractivity contribution is -0.0980. The van der Waals surface area contributed by atoms with Crippen LogP contribution in [0.5, 0.6) is 0 Å². The molecule has 0 saturated heterocycles. The first kappa shape index (κ1) is 24.5. The Labute approximate surface area is 157 Å². The molecule has 0 amide bonds. The van der Waals surface area contributed by atoms with E-state index in [4.69, 9.17) is 8.53 Å². The normalized spacial score (nSPS) is 12.8. The Kier molecular flexibility index (Phi) is 18.6. The van der Waals surface area contributed by atoms with E-state index in [0.29, 0.717) is 0 Å². The van der Waals surface area contributed by atoms with Gasteiger partial charge in [-0.15, -0.1) is 0 Å². The number of hydrogen-bond acceptors (Lipinski definition) is 2. The molecule has 144 valence electrons. The van der Waals surface area contributed by atoms with Gasteiger partial charge in [0.2, 0.25) is 0 Å². The molecular weight excluding hydrogens is 311 g/mol.